The molecule has 1 N–H and O–H groups in total. The van der Waals surface area contributed by atoms with Crippen molar-refractivity contribution in [1.29, 1.82) is 0 Å². The van der Waals surface area contributed by atoms with E-state index in [-0.39, 0.29) is 11.8 Å². The van der Waals surface area contributed by atoms with Crippen LogP contribution in [0, 0.1) is 6.92 Å². The SMILES string of the molecule is COc1cc(NC(=O)c2cnn(-c3ccc(C)cc3)c2C(C)C)cc(OC)c1. The van der Waals surface area contributed by atoms with Crippen molar-refractivity contribution in [3.05, 3.63) is 65.5 Å². The smallest absolute Gasteiger partial charge is 0.259 e. The molecule has 0 saturated heterocycles. The Morgan fingerprint density at radius 1 is 1.04 bits per heavy atom. The summed E-state index contributed by atoms with van der Waals surface area (Å²) in [4.78, 5) is 13.0. The number of anilines is 1. The number of ether oxygens (including phenoxy) is 2. The maximum atomic E-state index is 13.0. The predicted octanol–water partition coefficient (Wildman–Crippen LogP) is 4.57. The summed E-state index contributed by atoms with van der Waals surface area (Å²) in [6.07, 6.45) is 1.61. The standard InChI is InChI=1S/C22H25N3O3/c1-14(2)21-20(13-23-25(21)17-8-6-15(3)7-9-17)22(26)24-16-10-18(27-4)12-19(11-16)28-5/h6-14H,1-5H3,(H,24,26). The average Bonchev–Trinajstić information content (AvgIpc) is 3.13. The molecule has 0 aliphatic carbocycles. The van der Waals surface area contributed by atoms with E-state index in [0.717, 1.165) is 11.4 Å². The van der Waals surface area contributed by atoms with E-state index < -0.39 is 0 Å². The Morgan fingerprint density at radius 2 is 1.64 bits per heavy atom. The second-order valence-electron chi connectivity index (χ2n) is 6.90. The minimum atomic E-state index is -0.225. The zero-order valence-electron chi connectivity index (χ0n) is 16.8. The van der Waals surface area contributed by atoms with Crippen molar-refractivity contribution >= 4 is 11.6 Å². The number of methoxy groups -OCH3 is 2. The molecule has 1 aromatic heterocycles. The minimum Gasteiger partial charge on any atom is -0.497 e. The van der Waals surface area contributed by atoms with Gasteiger partial charge in [0.25, 0.3) is 5.91 Å². The first-order chi connectivity index (χ1) is 13.4. The third-order valence-corrected chi connectivity index (χ3v) is 4.49. The van der Waals surface area contributed by atoms with Crippen LogP contribution in [-0.4, -0.2) is 29.9 Å². The quantitative estimate of drug-likeness (QED) is 0.681. The summed E-state index contributed by atoms with van der Waals surface area (Å²) in [5.41, 5.74) is 4.09. The highest BCUT2D eigenvalue weighted by Crippen LogP contribution is 2.28. The number of nitrogens with one attached hydrogen (secondary N) is 1. The van der Waals surface area contributed by atoms with Gasteiger partial charge in [0.05, 0.1) is 37.4 Å². The minimum absolute atomic E-state index is 0.115. The highest BCUT2D eigenvalue weighted by Gasteiger charge is 2.21. The molecule has 6 nitrogen and oxygen atoms in total. The van der Waals surface area contributed by atoms with Gasteiger partial charge in [-0.1, -0.05) is 31.5 Å². The van der Waals surface area contributed by atoms with Crippen molar-refractivity contribution in [2.75, 3.05) is 19.5 Å². The Hall–Kier alpha value is -3.28. The molecular formula is C22H25N3O3. The summed E-state index contributed by atoms with van der Waals surface area (Å²) >= 11 is 0. The van der Waals surface area contributed by atoms with Crippen LogP contribution in [0.25, 0.3) is 5.69 Å². The lowest BCUT2D eigenvalue weighted by Gasteiger charge is -2.14. The van der Waals surface area contributed by atoms with Crippen LogP contribution in [0.1, 0.15) is 41.4 Å². The molecule has 2 aromatic carbocycles. The van der Waals surface area contributed by atoms with Crippen LogP contribution in [0.15, 0.2) is 48.7 Å². The van der Waals surface area contributed by atoms with Crippen molar-refractivity contribution in [3.8, 4) is 17.2 Å². The molecule has 0 unspecified atom stereocenters. The van der Waals surface area contributed by atoms with Crippen LogP contribution in [0.2, 0.25) is 0 Å². The van der Waals surface area contributed by atoms with E-state index in [1.54, 1.807) is 38.6 Å². The van der Waals surface area contributed by atoms with Gasteiger partial charge in [0.15, 0.2) is 0 Å². The monoisotopic (exact) mass is 379 g/mol. The highest BCUT2D eigenvalue weighted by molar-refractivity contribution is 6.05. The topological polar surface area (TPSA) is 65.4 Å². The Morgan fingerprint density at radius 3 is 2.18 bits per heavy atom. The predicted molar refractivity (Wildman–Crippen MR) is 110 cm³/mol. The molecular weight excluding hydrogens is 354 g/mol. The molecule has 1 amide bonds. The van der Waals surface area contributed by atoms with Gasteiger partial charge in [-0.05, 0) is 25.0 Å². The van der Waals surface area contributed by atoms with Gasteiger partial charge in [0.1, 0.15) is 11.5 Å². The molecule has 0 radical (unpaired) electrons. The highest BCUT2D eigenvalue weighted by atomic mass is 16.5. The number of hydrogen-bond donors (Lipinski definition) is 1. The zero-order chi connectivity index (χ0) is 20.3. The maximum Gasteiger partial charge on any atom is 0.259 e. The number of rotatable bonds is 6. The van der Waals surface area contributed by atoms with Crippen LogP contribution < -0.4 is 14.8 Å². The molecule has 0 aliphatic heterocycles. The number of hydrogen-bond acceptors (Lipinski definition) is 4. The summed E-state index contributed by atoms with van der Waals surface area (Å²) < 4.78 is 12.4. The molecule has 3 rings (SSSR count). The molecule has 0 aliphatic rings. The molecule has 3 aromatic rings. The molecule has 146 valence electrons. The van der Waals surface area contributed by atoms with Gasteiger partial charge in [0, 0.05) is 23.9 Å². The zero-order valence-corrected chi connectivity index (χ0v) is 16.8. The normalized spacial score (nSPS) is 10.8. The van der Waals surface area contributed by atoms with Crippen molar-refractivity contribution < 1.29 is 14.3 Å². The van der Waals surface area contributed by atoms with E-state index in [4.69, 9.17) is 9.47 Å². The fourth-order valence-electron chi connectivity index (χ4n) is 3.06. The number of benzene rings is 2. The second kappa shape index (κ2) is 8.17. The fraction of sp³-hybridized carbons (Fsp3) is 0.273. The van der Waals surface area contributed by atoms with Crippen molar-refractivity contribution in [2.45, 2.75) is 26.7 Å². The molecule has 28 heavy (non-hydrogen) atoms. The largest absolute Gasteiger partial charge is 0.497 e. The van der Waals surface area contributed by atoms with Crippen molar-refractivity contribution in [2.24, 2.45) is 0 Å². The van der Waals surface area contributed by atoms with Crippen LogP contribution in [0.4, 0.5) is 5.69 Å². The van der Waals surface area contributed by atoms with Gasteiger partial charge in [-0.2, -0.15) is 5.10 Å². The van der Waals surface area contributed by atoms with E-state index in [1.807, 2.05) is 49.7 Å². The first-order valence-corrected chi connectivity index (χ1v) is 9.12. The van der Waals surface area contributed by atoms with E-state index in [0.29, 0.717) is 22.7 Å². The molecule has 6 heteroatoms. The van der Waals surface area contributed by atoms with Gasteiger partial charge in [-0.3, -0.25) is 4.79 Å². The number of aromatic nitrogens is 2. The third kappa shape index (κ3) is 4.01. The Labute approximate surface area is 165 Å². The number of carbonyl (C=O) groups is 1. The summed E-state index contributed by atoms with van der Waals surface area (Å²) in [5, 5.41) is 7.40. The second-order valence-corrected chi connectivity index (χ2v) is 6.90. The van der Waals surface area contributed by atoms with Gasteiger partial charge in [-0.25, -0.2) is 4.68 Å². The van der Waals surface area contributed by atoms with E-state index in [1.165, 1.54) is 5.56 Å². The molecule has 0 saturated carbocycles. The Kier molecular flexibility index (Phi) is 5.68. The van der Waals surface area contributed by atoms with E-state index >= 15 is 0 Å². The number of aryl methyl sites for hydroxylation is 1. The molecule has 0 atom stereocenters. The number of carbonyl (C=O) groups excluding carboxylic acids is 1. The van der Waals surface area contributed by atoms with Gasteiger partial charge in [0.2, 0.25) is 0 Å². The molecule has 0 fully saturated rings. The summed E-state index contributed by atoms with van der Waals surface area (Å²) in [5.74, 6) is 1.10. The van der Waals surface area contributed by atoms with Crippen LogP contribution in [-0.2, 0) is 0 Å². The van der Waals surface area contributed by atoms with Crippen molar-refractivity contribution in [1.82, 2.24) is 9.78 Å². The van der Waals surface area contributed by atoms with Gasteiger partial charge in [-0.15, -0.1) is 0 Å². The van der Waals surface area contributed by atoms with Crippen LogP contribution in [0.3, 0.4) is 0 Å². The summed E-state index contributed by atoms with van der Waals surface area (Å²) in [6.45, 7) is 6.14. The van der Waals surface area contributed by atoms with Crippen LogP contribution in [0.5, 0.6) is 11.5 Å². The van der Waals surface area contributed by atoms with E-state index in [9.17, 15) is 4.79 Å². The fourth-order valence-corrected chi connectivity index (χ4v) is 3.06. The van der Waals surface area contributed by atoms with Gasteiger partial charge < -0.3 is 14.8 Å². The Bertz CT molecular complexity index is 953. The Balaban J connectivity index is 1.95. The number of amides is 1. The first-order valence-electron chi connectivity index (χ1n) is 9.12. The maximum absolute atomic E-state index is 13.0. The lowest BCUT2D eigenvalue weighted by molar-refractivity contribution is 0.102. The van der Waals surface area contributed by atoms with E-state index in [2.05, 4.69) is 10.4 Å². The lowest BCUT2D eigenvalue weighted by Crippen LogP contribution is -2.15. The summed E-state index contributed by atoms with van der Waals surface area (Å²) in [6, 6.07) is 13.3. The third-order valence-electron chi connectivity index (χ3n) is 4.49. The average molecular weight is 379 g/mol. The number of nitrogens with zero attached hydrogens (tertiary/aromatic N) is 2. The molecule has 1 heterocycles. The van der Waals surface area contributed by atoms with Crippen molar-refractivity contribution in [3.63, 3.8) is 0 Å². The first kappa shape index (κ1) is 19.5. The molecule has 0 spiro atoms. The summed E-state index contributed by atoms with van der Waals surface area (Å²) in [7, 11) is 3.14. The lowest BCUT2D eigenvalue weighted by atomic mass is 10.0. The van der Waals surface area contributed by atoms with Gasteiger partial charge >= 0.3 is 0 Å². The molecule has 0 bridgehead atoms. The van der Waals surface area contributed by atoms with Crippen LogP contribution >= 0.6 is 0 Å².